The van der Waals surface area contributed by atoms with Crippen LogP contribution in [0.5, 0.6) is 0 Å². The van der Waals surface area contributed by atoms with Crippen LogP contribution >= 0.6 is 0 Å². The summed E-state index contributed by atoms with van der Waals surface area (Å²) in [6, 6.07) is 0. The van der Waals surface area contributed by atoms with Crippen LogP contribution in [0.15, 0.2) is 0 Å². The van der Waals surface area contributed by atoms with Gasteiger partial charge < -0.3 is 5.11 Å². The molecular weight excluding hydrogens is 132 g/mol. The van der Waals surface area contributed by atoms with E-state index >= 15 is 0 Å². The average Bonchev–Trinajstić information content (AvgIpc) is 1.82. The molecule has 0 atom stereocenters. The zero-order chi connectivity index (χ0) is 7.28. The molecule has 3 nitrogen and oxygen atoms in total. The second-order valence-corrected chi connectivity index (χ2v) is 1.34. The first-order valence-electron chi connectivity index (χ1n) is 2.32. The van der Waals surface area contributed by atoms with E-state index in [1.54, 1.807) is 0 Å². The Morgan fingerprint density at radius 2 is 2.22 bits per heavy atom. The smallest absolute Gasteiger partial charge is 0.317 e. The Morgan fingerprint density at radius 3 is 2.33 bits per heavy atom. The van der Waals surface area contributed by atoms with E-state index in [-0.39, 0.29) is 17.9 Å². The molecule has 0 spiro atoms. The molecular formula is C4H7F2NO2. The lowest BCUT2D eigenvalue weighted by atomic mass is 10.6. The minimum Gasteiger partial charge on any atom is -0.395 e. The van der Waals surface area contributed by atoms with Crippen LogP contribution in [0.3, 0.4) is 0 Å². The van der Waals surface area contributed by atoms with Gasteiger partial charge in [-0.15, -0.1) is 0 Å². The minimum absolute atomic E-state index is 0.000880. The zero-order valence-corrected chi connectivity index (χ0v) is 4.63. The number of amides is 1. The fraction of sp³-hybridized carbons (Fsp3) is 0.750. The first-order valence-corrected chi connectivity index (χ1v) is 2.32. The van der Waals surface area contributed by atoms with E-state index in [2.05, 4.69) is 0 Å². The van der Waals surface area contributed by atoms with Gasteiger partial charge in [0.2, 0.25) is 6.41 Å². The summed E-state index contributed by atoms with van der Waals surface area (Å²) in [6.07, 6.45) is 0.000880. The molecule has 0 aromatic heterocycles. The first-order chi connectivity index (χ1) is 4.22. The topological polar surface area (TPSA) is 40.5 Å². The number of aliphatic hydroxyl groups is 1. The maximum Gasteiger partial charge on any atom is 0.317 e. The van der Waals surface area contributed by atoms with Crippen molar-refractivity contribution in [3.8, 4) is 0 Å². The van der Waals surface area contributed by atoms with Crippen LogP contribution in [0, 0.1) is 0 Å². The molecule has 0 fully saturated rings. The lowest BCUT2D eigenvalue weighted by Crippen LogP contribution is -2.30. The van der Waals surface area contributed by atoms with Crippen molar-refractivity contribution in [3.63, 3.8) is 0 Å². The largest absolute Gasteiger partial charge is 0.395 e. The molecule has 5 heteroatoms. The summed E-state index contributed by atoms with van der Waals surface area (Å²) in [4.78, 5) is 9.88. The molecule has 0 saturated heterocycles. The average molecular weight is 139 g/mol. The molecule has 1 amide bonds. The number of carbonyl (C=O) groups is 1. The molecule has 0 aliphatic carbocycles. The van der Waals surface area contributed by atoms with E-state index in [4.69, 9.17) is 5.11 Å². The number of alkyl halides is 2. The van der Waals surface area contributed by atoms with Gasteiger partial charge >= 0.3 is 6.55 Å². The van der Waals surface area contributed by atoms with Gasteiger partial charge in [-0.25, -0.2) is 0 Å². The first kappa shape index (κ1) is 8.29. The Kier molecular flexibility index (Phi) is 3.87. The summed E-state index contributed by atoms with van der Waals surface area (Å²) in [7, 11) is 0. The van der Waals surface area contributed by atoms with E-state index in [0.717, 1.165) is 0 Å². The van der Waals surface area contributed by atoms with Gasteiger partial charge in [-0.1, -0.05) is 0 Å². The van der Waals surface area contributed by atoms with Gasteiger partial charge in [-0.05, 0) is 0 Å². The van der Waals surface area contributed by atoms with Gasteiger partial charge in [0, 0.05) is 6.54 Å². The van der Waals surface area contributed by atoms with Crippen LogP contribution in [0.4, 0.5) is 8.78 Å². The molecule has 0 aromatic carbocycles. The summed E-state index contributed by atoms with van der Waals surface area (Å²) in [5.74, 6) is 0. The predicted octanol–water partition coefficient (Wildman–Crippen LogP) is -0.340. The van der Waals surface area contributed by atoms with E-state index < -0.39 is 13.2 Å². The van der Waals surface area contributed by atoms with E-state index in [1.807, 2.05) is 0 Å². The fourth-order valence-corrected chi connectivity index (χ4v) is 0.312. The molecule has 9 heavy (non-hydrogen) atoms. The Labute approximate surface area is 50.9 Å². The van der Waals surface area contributed by atoms with Crippen molar-refractivity contribution >= 4 is 6.41 Å². The van der Waals surface area contributed by atoms with E-state index in [0.29, 0.717) is 0 Å². The van der Waals surface area contributed by atoms with Crippen molar-refractivity contribution in [3.05, 3.63) is 0 Å². The van der Waals surface area contributed by atoms with Gasteiger partial charge in [0.25, 0.3) is 0 Å². The van der Waals surface area contributed by atoms with Crippen molar-refractivity contribution in [2.24, 2.45) is 0 Å². The maximum absolute atomic E-state index is 11.5. The number of carbonyl (C=O) groups excluding carboxylic acids is 1. The molecule has 0 saturated carbocycles. The number of hydrogen-bond acceptors (Lipinski definition) is 2. The van der Waals surface area contributed by atoms with Gasteiger partial charge in [-0.2, -0.15) is 8.78 Å². The standard InChI is InChI=1S/C4H7F2NO2/c5-4(6)7(3-9)1-2-8/h3-4,8H,1-2H2. The summed E-state index contributed by atoms with van der Waals surface area (Å²) in [5, 5.41) is 8.08. The predicted molar refractivity (Wildman–Crippen MR) is 25.9 cm³/mol. The van der Waals surface area contributed by atoms with Crippen molar-refractivity contribution < 1.29 is 18.7 Å². The fourth-order valence-electron chi connectivity index (χ4n) is 0.312. The van der Waals surface area contributed by atoms with Gasteiger partial charge in [0.15, 0.2) is 0 Å². The van der Waals surface area contributed by atoms with Gasteiger partial charge in [0.05, 0.1) is 6.61 Å². The highest BCUT2D eigenvalue weighted by atomic mass is 19.3. The zero-order valence-electron chi connectivity index (χ0n) is 4.63. The third kappa shape index (κ3) is 2.97. The summed E-state index contributed by atoms with van der Waals surface area (Å²) < 4.78 is 22.9. The quantitative estimate of drug-likeness (QED) is 0.427. The Morgan fingerprint density at radius 1 is 1.67 bits per heavy atom. The van der Waals surface area contributed by atoms with Crippen molar-refractivity contribution in [1.82, 2.24) is 4.90 Å². The van der Waals surface area contributed by atoms with Crippen molar-refractivity contribution in [2.75, 3.05) is 13.2 Å². The third-order valence-corrected chi connectivity index (χ3v) is 0.744. The Balaban J connectivity index is 3.54. The van der Waals surface area contributed by atoms with Crippen molar-refractivity contribution in [2.45, 2.75) is 6.55 Å². The molecule has 0 unspecified atom stereocenters. The maximum atomic E-state index is 11.5. The lowest BCUT2D eigenvalue weighted by Gasteiger charge is -2.12. The third-order valence-electron chi connectivity index (χ3n) is 0.744. The summed E-state index contributed by atoms with van der Waals surface area (Å²) in [5.41, 5.74) is 0. The summed E-state index contributed by atoms with van der Waals surface area (Å²) >= 11 is 0. The van der Waals surface area contributed by atoms with Crippen LogP contribution < -0.4 is 0 Å². The lowest BCUT2D eigenvalue weighted by molar-refractivity contribution is -0.131. The van der Waals surface area contributed by atoms with Gasteiger partial charge in [0.1, 0.15) is 0 Å². The minimum atomic E-state index is -2.81. The molecule has 0 aromatic rings. The highest BCUT2D eigenvalue weighted by Crippen LogP contribution is 1.97. The normalized spacial score (nSPS) is 9.78. The number of nitrogens with zero attached hydrogens (tertiary/aromatic N) is 1. The number of halogens is 2. The highest BCUT2D eigenvalue weighted by Gasteiger charge is 2.11. The number of hydrogen-bond donors (Lipinski definition) is 1. The molecule has 54 valence electrons. The van der Waals surface area contributed by atoms with E-state index in [1.165, 1.54) is 0 Å². The second-order valence-electron chi connectivity index (χ2n) is 1.34. The molecule has 0 heterocycles. The molecule has 0 aliphatic heterocycles. The molecule has 0 aliphatic rings. The molecule has 1 N–H and O–H groups in total. The van der Waals surface area contributed by atoms with Crippen LogP contribution in [0.25, 0.3) is 0 Å². The van der Waals surface area contributed by atoms with Crippen LogP contribution in [0.2, 0.25) is 0 Å². The molecule has 0 bridgehead atoms. The Hall–Kier alpha value is -0.710. The summed E-state index contributed by atoms with van der Waals surface area (Å²) in [6.45, 7) is -3.57. The monoisotopic (exact) mass is 139 g/mol. The van der Waals surface area contributed by atoms with Crippen LogP contribution in [-0.2, 0) is 4.79 Å². The molecule has 0 rings (SSSR count). The Bertz CT molecular complexity index is 88.6. The SMILES string of the molecule is O=CN(CCO)C(F)F. The van der Waals surface area contributed by atoms with E-state index in [9.17, 15) is 13.6 Å². The number of rotatable bonds is 4. The second kappa shape index (κ2) is 4.20. The highest BCUT2D eigenvalue weighted by molar-refractivity contribution is 5.46. The van der Waals surface area contributed by atoms with Crippen molar-refractivity contribution in [1.29, 1.82) is 0 Å². The van der Waals surface area contributed by atoms with Gasteiger partial charge in [-0.3, -0.25) is 9.69 Å². The molecule has 0 radical (unpaired) electrons. The number of aliphatic hydroxyl groups excluding tert-OH is 1. The van der Waals surface area contributed by atoms with Crippen LogP contribution in [-0.4, -0.2) is 36.1 Å². The van der Waals surface area contributed by atoms with Crippen LogP contribution in [0.1, 0.15) is 0 Å².